The third kappa shape index (κ3) is 4.15. The van der Waals surface area contributed by atoms with Crippen molar-refractivity contribution >= 4 is 31.9 Å². The first-order chi connectivity index (χ1) is 12.8. The van der Waals surface area contributed by atoms with Gasteiger partial charge in [-0.05, 0) is 36.4 Å². The van der Waals surface area contributed by atoms with Gasteiger partial charge in [0.05, 0.1) is 17.6 Å². The number of carbonyl (C=O) groups is 1. The molecule has 1 amide bonds. The van der Waals surface area contributed by atoms with E-state index < -0.39 is 15.8 Å². The van der Waals surface area contributed by atoms with Gasteiger partial charge in [-0.25, -0.2) is 12.8 Å². The number of piperazine rings is 1. The fourth-order valence-electron chi connectivity index (χ4n) is 2.93. The average molecular weight is 457 g/mol. The lowest BCUT2D eigenvalue weighted by Gasteiger charge is -2.34. The summed E-state index contributed by atoms with van der Waals surface area (Å²) < 4.78 is 46.2. The number of nitrogens with zero attached hydrogens (tertiary/aromatic N) is 2. The average Bonchev–Trinajstić information content (AvgIpc) is 2.67. The maximum Gasteiger partial charge on any atom is 0.257 e. The number of benzene rings is 2. The van der Waals surface area contributed by atoms with Gasteiger partial charge in [0.2, 0.25) is 10.0 Å². The van der Waals surface area contributed by atoms with Crippen molar-refractivity contribution in [2.24, 2.45) is 0 Å². The van der Waals surface area contributed by atoms with Gasteiger partial charge in [0.1, 0.15) is 11.6 Å². The Labute approximate surface area is 165 Å². The van der Waals surface area contributed by atoms with E-state index in [0.29, 0.717) is 4.47 Å². The van der Waals surface area contributed by atoms with Crippen LogP contribution in [0.4, 0.5) is 4.39 Å². The summed E-state index contributed by atoms with van der Waals surface area (Å²) in [5.41, 5.74) is 0.126. The number of halogens is 2. The summed E-state index contributed by atoms with van der Waals surface area (Å²) in [4.78, 5) is 14.4. The highest BCUT2D eigenvalue weighted by Crippen LogP contribution is 2.24. The summed E-state index contributed by atoms with van der Waals surface area (Å²) in [6.07, 6.45) is 0. The Kier molecular flexibility index (Phi) is 5.83. The van der Waals surface area contributed by atoms with Gasteiger partial charge in [-0.15, -0.1) is 0 Å². The quantitative estimate of drug-likeness (QED) is 0.709. The van der Waals surface area contributed by atoms with Crippen LogP contribution in [0.3, 0.4) is 0 Å². The molecule has 9 heteroatoms. The molecule has 1 saturated heterocycles. The maximum atomic E-state index is 13.5. The number of hydrogen-bond donors (Lipinski definition) is 0. The summed E-state index contributed by atoms with van der Waals surface area (Å²) in [6.45, 7) is 0.758. The molecule has 2 aromatic carbocycles. The van der Waals surface area contributed by atoms with Crippen molar-refractivity contribution in [3.8, 4) is 5.75 Å². The van der Waals surface area contributed by atoms with Crippen LogP contribution in [0.15, 0.2) is 51.8 Å². The monoisotopic (exact) mass is 456 g/mol. The Balaban J connectivity index is 1.74. The lowest BCUT2D eigenvalue weighted by atomic mass is 10.1. The van der Waals surface area contributed by atoms with Crippen LogP contribution in [0.1, 0.15) is 10.4 Å². The second-order valence-corrected chi connectivity index (χ2v) is 8.85. The minimum absolute atomic E-state index is 0.126. The first-order valence-corrected chi connectivity index (χ1v) is 10.4. The Hall–Kier alpha value is -1.97. The van der Waals surface area contributed by atoms with E-state index in [2.05, 4.69) is 15.9 Å². The minimum Gasteiger partial charge on any atom is -0.496 e. The zero-order valence-electron chi connectivity index (χ0n) is 14.6. The molecule has 6 nitrogen and oxygen atoms in total. The van der Waals surface area contributed by atoms with Crippen LogP contribution in [-0.4, -0.2) is 56.8 Å². The zero-order chi connectivity index (χ0) is 19.6. The molecule has 0 spiro atoms. The van der Waals surface area contributed by atoms with Crippen molar-refractivity contribution < 1.29 is 22.3 Å². The van der Waals surface area contributed by atoms with E-state index in [0.717, 1.165) is 6.07 Å². The summed E-state index contributed by atoms with van der Waals surface area (Å²) >= 11 is 3.27. The number of rotatable bonds is 4. The Morgan fingerprint density at radius 1 is 1.11 bits per heavy atom. The molecule has 1 aliphatic heterocycles. The Morgan fingerprint density at radius 2 is 1.81 bits per heavy atom. The standard InChI is InChI=1S/C18H18BrFN2O4S/c1-26-17-6-5-14(20)12-16(17)18(23)21-7-9-22(10-8-21)27(24,25)15-4-2-3-13(19)11-15/h2-6,11-12H,7-10H2,1H3. The smallest absolute Gasteiger partial charge is 0.257 e. The van der Waals surface area contributed by atoms with Gasteiger partial charge in [-0.1, -0.05) is 22.0 Å². The van der Waals surface area contributed by atoms with Crippen molar-refractivity contribution in [2.45, 2.75) is 4.90 Å². The number of methoxy groups -OCH3 is 1. The molecule has 2 aromatic rings. The van der Waals surface area contributed by atoms with E-state index in [4.69, 9.17) is 4.74 Å². The maximum absolute atomic E-state index is 13.5. The molecule has 0 bridgehead atoms. The second kappa shape index (κ2) is 7.95. The molecule has 0 aliphatic carbocycles. The SMILES string of the molecule is COc1ccc(F)cc1C(=O)N1CCN(S(=O)(=O)c2cccc(Br)c2)CC1. The topological polar surface area (TPSA) is 66.9 Å². The number of carbonyl (C=O) groups excluding carboxylic acids is 1. The minimum atomic E-state index is -3.64. The molecule has 0 aromatic heterocycles. The Bertz CT molecular complexity index is 960. The predicted molar refractivity (Wildman–Crippen MR) is 102 cm³/mol. The van der Waals surface area contributed by atoms with E-state index in [1.165, 1.54) is 34.5 Å². The highest BCUT2D eigenvalue weighted by atomic mass is 79.9. The summed E-state index contributed by atoms with van der Waals surface area (Å²) in [5.74, 6) is -0.633. The van der Waals surface area contributed by atoms with Gasteiger partial charge in [-0.2, -0.15) is 4.31 Å². The lowest BCUT2D eigenvalue weighted by molar-refractivity contribution is 0.0694. The molecule has 0 N–H and O–H groups in total. The van der Waals surface area contributed by atoms with Crippen LogP contribution < -0.4 is 4.74 Å². The van der Waals surface area contributed by atoms with E-state index in [-0.39, 0.29) is 48.3 Å². The molecule has 144 valence electrons. The van der Waals surface area contributed by atoms with Crippen molar-refractivity contribution in [1.82, 2.24) is 9.21 Å². The fraction of sp³-hybridized carbons (Fsp3) is 0.278. The van der Waals surface area contributed by atoms with E-state index in [1.54, 1.807) is 18.2 Å². The van der Waals surface area contributed by atoms with Gasteiger partial charge in [0.15, 0.2) is 0 Å². The normalized spacial score (nSPS) is 15.6. The molecule has 27 heavy (non-hydrogen) atoms. The summed E-state index contributed by atoms with van der Waals surface area (Å²) in [5, 5.41) is 0. The molecule has 1 heterocycles. The third-order valence-electron chi connectivity index (χ3n) is 4.35. The van der Waals surface area contributed by atoms with Crippen LogP contribution in [-0.2, 0) is 10.0 Å². The molecule has 1 aliphatic rings. The van der Waals surface area contributed by atoms with Crippen LogP contribution in [0, 0.1) is 5.82 Å². The summed E-state index contributed by atoms with van der Waals surface area (Å²) in [6, 6.07) is 10.2. The van der Waals surface area contributed by atoms with Crippen molar-refractivity contribution in [2.75, 3.05) is 33.3 Å². The first-order valence-electron chi connectivity index (χ1n) is 8.21. The van der Waals surface area contributed by atoms with Crippen molar-refractivity contribution in [1.29, 1.82) is 0 Å². The van der Waals surface area contributed by atoms with E-state index in [1.807, 2.05) is 0 Å². The molecule has 0 atom stereocenters. The van der Waals surface area contributed by atoms with Gasteiger partial charge >= 0.3 is 0 Å². The third-order valence-corrected chi connectivity index (χ3v) is 6.74. The Morgan fingerprint density at radius 3 is 2.44 bits per heavy atom. The molecule has 0 unspecified atom stereocenters. The predicted octanol–water partition coefficient (Wildman–Crippen LogP) is 2.74. The van der Waals surface area contributed by atoms with Crippen LogP contribution in [0.2, 0.25) is 0 Å². The fourth-order valence-corrected chi connectivity index (χ4v) is 4.95. The molecule has 1 fully saturated rings. The zero-order valence-corrected chi connectivity index (χ0v) is 17.0. The largest absolute Gasteiger partial charge is 0.496 e. The number of ether oxygens (including phenoxy) is 1. The van der Waals surface area contributed by atoms with Crippen molar-refractivity contribution in [3.05, 3.63) is 58.3 Å². The van der Waals surface area contributed by atoms with Crippen LogP contribution >= 0.6 is 15.9 Å². The van der Waals surface area contributed by atoms with Crippen LogP contribution in [0.5, 0.6) is 5.75 Å². The number of amides is 1. The van der Waals surface area contributed by atoms with Gasteiger partial charge in [0.25, 0.3) is 5.91 Å². The van der Waals surface area contributed by atoms with Gasteiger partial charge < -0.3 is 9.64 Å². The van der Waals surface area contributed by atoms with E-state index >= 15 is 0 Å². The number of sulfonamides is 1. The summed E-state index contributed by atoms with van der Waals surface area (Å²) in [7, 11) is -2.23. The highest BCUT2D eigenvalue weighted by Gasteiger charge is 2.31. The molecular formula is C18H18BrFN2O4S. The lowest BCUT2D eigenvalue weighted by Crippen LogP contribution is -2.50. The van der Waals surface area contributed by atoms with Crippen LogP contribution in [0.25, 0.3) is 0 Å². The molecule has 0 radical (unpaired) electrons. The van der Waals surface area contributed by atoms with Gasteiger partial charge in [0, 0.05) is 30.7 Å². The van der Waals surface area contributed by atoms with Crippen molar-refractivity contribution in [3.63, 3.8) is 0 Å². The molecular weight excluding hydrogens is 439 g/mol. The highest BCUT2D eigenvalue weighted by molar-refractivity contribution is 9.10. The number of hydrogen-bond acceptors (Lipinski definition) is 4. The molecule has 3 rings (SSSR count). The first kappa shape index (κ1) is 19.8. The van der Waals surface area contributed by atoms with Gasteiger partial charge in [-0.3, -0.25) is 4.79 Å². The second-order valence-electron chi connectivity index (χ2n) is 6.00. The molecule has 0 saturated carbocycles. The van der Waals surface area contributed by atoms with E-state index in [9.17, 15) is 17.6 Å².